The van der Waals surface area contributed by atoms with Crippen molar-refractivity contribution in [3.63, 3.8) is 0 Å². The Labute approximate surface area is 129 Å². The molecule has 0 atom stereocenters. The zero-order valence-electron chi connectivity index (χ0n) is 12.3. The molecule has 12 heteroatoms. The Morgan fingerprint density at radius 1 is 1.04 bits per heavy atom. The number of quaternary nitrogens is 1. The van der Waals surface area contributed by atoms with Crippen LogP contribution in [-0.4, -0.2) is 57.7 Å². The topological polar surface area (TPSA) is 65.3 Å². The molecular formula is C11H16F6N2O3S. The maximum absolute atomic E-state index is 11.4. The van der Waals surface area contributed by atoms with Crippen LogP contribution in [0.25, 0.3) is 4.72 Å². The molecule has 23 heavy (non-hydrogen) atoms. The van der Waals surface area contributed by atoms with Gasteiger partial charge in [0.2, 0.25) is 0 Å². The molecule has 5 nitrogen and oxygen atoms in total. The van der Waals surface area contributed by atoms with E-state index in [2.05, 4.69) is 27.3 Å². The van der Waals surface area contributed by atoms with E-state index in [4.69, 9.17) is 0 Å². The van der Waals surface area contributed by atoms with Crippen molar-refractivity contribution in [2.75, 3.05) is 27.2 Å². The molecule has 0 aromatic carbocycles. The van der Waals surface area contributed by atoms with E-state index in [1.54, 1.807) is 0 Å². The average Bonchev–Trinajstić information content (AvgIpc) is 2.25. The molecule has 0 unspecified atom stereocenters. The van der Waals surface area contributed by atoms with E-state index in [9.17, 15) is 39.6 Å². The van der Waals surface area contributed by atoms with Crippen LogP contribution in [0.4, 0.5) is 26.3 Å². The van der Waals surface area contributed by atoms with Crippen molar-refractivity contribution in [2.45, 2.75) is 11.7 Å². The maximum atomic E-state index is 11.4. The normalized spacial score (nSPS) is 12.7. The summed E-state index contributed by atoms with van der Waals surface area (Å²) >= 11 is 0. The van der Waals surface area contributed by atoms with Gasteiger partial charge in [-0.15, -0.1) is 0 Å². The molecule has 0 spiro atoms. The summed E-state index contributed by atoms with van der Waals surface area (Å²) in [5.74, 6) is -3.32. The third-order valence-electron chi connectivity index (χ3n) is 1.98. The molecule has 0 saturated heterocycles. The van der Waals surface area contributed by atoms with Gasteiger partial charge in [0.25, 0.3) is 0 Å². The van der Waals surface area contributed by atoms with Gasteiger partial charge in [-0.25, -0.2) is 8.42 Å². The first-order valence-electron chi connectivity index (χ1n) is 5.69. The van der Waals surface area contributed by atoms with Gasteiger partial charge in [-0.05, 0) is 12.2 Å². The van der Waals surface area contributed by atoms with Gasteiger partial charge < -0.3 is 14.0 Å². The highest BCUT2D eigenvalue weighted by molar-refractivity contribution is 7.95. The van der Waals surface area contributed by atoms with Crippen LogP contribution >= 0.6 is 0 Å². The molecule has 0 aliphatic carbocycles. The van der Waals surface area contributed by atoms with E-state index in [0.29, 0.717) is 0 Å². The monoisotopic (exact) mass is 370 g/mol. The lowest BCUT2D eigenvalue weighted by Gasteiger charge is -2.26. The fourth-order valence-electron chi connectivity index (χ4n) is 0.986. The highest BCUT2D eigenvalue weighted by atomic mass is 32.2. The number of hydrogen-bond donors (Lipinski definition) is 0. The molecule has 0 aliphatic heterocycles. The first-order valence-corrected chi connectivity index (χ1v) is 7.13. The van der Waals surface area contributed by atoms with Crippen LogP contribution in [0.2, 0.25) is 0 Å². The van der Waals surface area contributed by atoms with Crippen LogP contribution in [0.1, 0.15) is 0 Å². The molecule has 0 rings (SSSR count). The largest absolute Gasteiger partial charge is 0.531 e. The Morgan fingerprint density at radius 3 is 1.61 bits per heavy atom. The minimum absolute atomic E-state index is 0.951. The summed E-state index contributed by atoms with van der Waals surface area (Å²) in [6.07, 6.45) is -1.88. The molecule has 0 aliphatic rings. The number of halogens is 6. The van der Waals surface area contributed by atoms with E-state index >= 15 is 0 Å². The fourth-order valence-corrected chi connectivity index (χ4v) is 1.41. The predicted molar refractivity (Wildman–Crippen MR) is 71.6 cm³/mol. The van der Waals surface area contributed by atoms with E-state index in [-0.39, 0.29) is 0 Å². The molecule has 0 N–H and O–H groups in total. The second-order valence-corrected chi connectivity index (χ2v) is 6.29. The lowest BCUT2D eigenvalue weighted by Crippen LogP contribution is -2.39. The SMILES string of the molecule is C=CC[N+](C)(C)CC=C.O=C([N-]S(=O)(=O)C(F)(F)F)C(F)(F)F. The van der Waals surface area contributed by atoms with Crippen LogP contribution < -0.4 is 0 Å². The summed E-state index contributed by atoms with van der Waals surface area (Å²) < 4.78 is 89.8. The fraction of sp³-hybridized carbons (Fsp3) is 0.545. The zero-order chi connectivity index (χ0) is 19.1. The van der Waals surface area contributed by atoms with Crippen LogP contribution in [-0.2, 0) is 14.8 Å². The standard InChI is InChI=1S/C8H16N.C3HF6NO3S/c1-5-7-9(3,4)8-6-2;4-2(5,6)1(11)10-14(12,13)3(7,8)9/h5-6H,1-2,7-8H2,3-4H3;(H,10,11)/q+1;/p-1. The molecule has 0 bridgehead atoms. The van der Waals surface area contributed by atoms with Gasteiger partial charge in [0.15, 0.2) is 15.9 Å². The minimum Gasteiger partial charge on any atom is -0.531 e. The highest BCUT2D eigenvalue weighted by Crippen LogP contribution is 2.31. The average molecular weight is 370 g/mol. The smallest absolute Gasteiger partial charge is 0.483 e. The number of alkyl halides is 6. The lowest BCUT2D eigenvalue weighted by atomic mass is 10.4. The first kappa shape index (κ1) is 23.7. The van der Waals surface area contributed by atoms with E-state index in [1.807, 2.05) is 12.2 Å². The summed E-state index contributed by atoms with van der Waals surface area (Å²) in [5.41, 5.74) is -6.02. The third kappa shape index (κ3) is 9.94. The molecule has 1 amide bonds. The van der Waals surface area contributed by atoms with Gasteiger partial charge in [-0.3, -0.25) is 0 Å². The van der Waals surface area contributed by atoms with Crippen molar-refractivity contribution in [1.29, 1.82) is 0 Å². The Kier molecular flexibility index (Phi) is 8.59. The van der Waals surface area contributed by atoms with E-state index in [1.165, 1.54) is 0 Å². The number of nitrogens with zero attached hydrogens (tertiary/aromatic N) is 2. The van der Waals surface area contributed by atoms with E-state index < -0.39 is 27.6 Å². The Bertz CT molecular complexity index is 511. The minimum atomic E-state index is -6.42. The van der Waals surface area contributed by atoms with Crippen molar-refractivity contribution in [3.05, 3.63) is 30.0 Å². The predicted octanol–water partition coefficient (Wildman–Crippen LogP) is 2.73. The molecule has 0 fully saturated rings. The van der Waals surface area contributed by atoms with Crippen molar-refractivity contribution < 1.29 is 44.0 Å². The maximum Gasteiger partial charge on any atom is 0.483 e. The van der Waals surface area contributed by atoms with Gasteiger partial charge >= 0.3 is 11.7 Å². The van der Waals surface area contributed by atoms with Gasteiger partial charge in [-0.2, -0.15) is 26.3 Å². The van der Waals surface area contributed by atoms with Crippen LogP contribution in [0.15, 0.2) is 25.3 Å². The van der Waals surface area contributed by atoms with Crippen molar-refractivity contribution in [3.8, 4) is 0 Å². The molecule has 0 radical (unpaired) electrons. The Balaban J connectivity index is 0. The Hall–Kier alpha value is -1.56. The summed E-state index contributed by atoms with van der Waals surface area (Å²) in [4.78, 5) is 9.76. The number of hydrogen-bond acceptors (Lipinski definition) is 3. The number of likely N-dealkylation sites (N-methyl/N-ethyl adjacent to an activating group) is 1. The van der Waals surface area contributed by atoms with Crippen molar-refractivity contribution in [2.24, 2.45) is 0 Å². The Morgan fingerprint density at radius 2 is 1.39 bits per heavy atom. The third-order valence-corrected chi connectivity index (χ3v) is 2.98. The molecule has 0 aromatic rings. The van der Waals surface area contributed by atoms with Crippen molar-refractivity contribution >= 4 is 15.9 Å². The first-order chi connectivity index (χ1) is 10.00. The van der Waals surface area contributed by atoms with E-state index in [0.717, 1.165) is 22.3 Å². The quantitative estimate of drug-likeness (QED) is 0.425. The molecule has 136 valence electrons. The number of rotatable bonds is 5. The number of amides is 1. The van der Waals surface area contributed by atoms with Gasteiger partial charge in [-0.1, -0.05) is 13.2 Å². The number of carbonyl (C=O) groups excluding carboxylic acids is 1. The lowest BCUT2D eigenvalue weighted by molar-refractivity contribution is -0.878. The zero-order valence-corrected chi connectivity index (χ0v) is 13.1. The number of carbonyl (C=O) groups is 1. The van der Waals surface area contributed by atoms with Gasteiger partial charge in [0.05, 0.1) is 27.2 Å². The molecule has 0 saturated carbocycles. The molecule has 0 aromatic heterocycles. The second kappa shape index (κ2) is 8.34. The molecular weight excluding hydrogens is 354 g/mol. The summed E-state index contributed by atoms with van der Waals surface area (Å²) in [6, 6.07) is 0. The van der Waals surface area contributed by atoms with Gasteiger partial charge in [0, 0.05) is 0 Å². The summed E-state index contributed by atoms with van der Waals surface area (Å²) in [6.45, 7) is 9.37. The highest BCUT2D eigenvalue weighted by Gasteiger charge is 2.43. The van der Waals surface area contributed by atoms with Crippen LogP contribution in [0, 0.1) is 0 Å². The van der Waals surface area contributed by atoms with Gasteiger partial charge in [0.1, 0.15) is 0 Å². The molecule has 0 heterocycles. The van der Waals surface area contributed by atoms with Crippen LogP contribution in [0.3, 0.4) is 0 Å². The van der Waals surface area contributed by atoms with Crippen LogP contribution in [0.5, 0.6) is 0 Å². The van der Waals surface area contributed by atoms with Crippen molar-refractivity contribution in [1.82, 2.24) is 0 Å². The second-order valence-electron chi connectivity index (χ2n) is 4.69. The summed E-state index contributed by atoms with van der Waals surface area (Å²) in [5, 5.41) is 0. The number of sulfonamides is 1. The summed E-state index contributed by atoms with van der Waals surface area (Å²) in [7, 11) is -2.11.